The van der Waals surface area contributed by atoms with E-state index in [2.05, 4.69) is 0 Å². The number of nitro groups is 1. The number of benzene rings is 2. The van der Waals surface area contributed by atoms with Crippen molar-refractivity contribution in [1.82, 2.24) is 0 Å². The molecule has 2 rings (SSSR count). The minimum absolute atomic E-state index is 0.130. The summed E-state index contributed by atoms with van der Waals surface area (Å²) in [5, 5.41) is 29.3. The zero-order chi connectivity index (χ0) is 17.5. The van der Waals surface area contributed by atoms with Crippen LogP contribution in [0.2, 0.25) is 0 Å². The van der Waals surface area contributed by atoms with Crippen molar-refractivity contribution in [2.75, 3.05) is 13.2 Å². The van der Waals surface area contributed by atoms with E-state index >= 15 is 0 Å². The number of halogens is 1. The molecule has 0 saturated heterocycles. The van der Waals surface area contributed by atoms with Crippen molar-refractivity contribution in [2.45, 2.75) is 6.10 Å². The summed E-state index contributed by atoms with van der Waals surface area (Å²) in [4.78, 5) is 10.1. The molecule has 0 heterocycles. The molecule has 1 unspecified atom stereocenters. The Morgan fingerprint density at radius 2 is 1.88 bits per heavy atom. The zero-order valence-corrected chi connectivity index (χ0v) is 12.4. The molecular weight excluding hydrogens is 319 g/mol. The minimum atomic E-state index is -1.08. The molecule has 24 heavy (non-hydrogen) atoms. The fraction of sp³-hybridized carbons (Fsp3) is 0.188. The van der Waals surface area contributed by atoms with Crippen LogP contribution in [0.15, 0.2) is 42.5 Å². The molecule has 0 aromatic heterocycles. The second-order valence-electron chi connectivity index (χ2n) is 4.78. The molecule has 1 N–H and O–H groups in total. The second-order valence-corrected chi connectivity index (χ2v) is 4.78. The van der Waals surface area contributed by atoms with Gasteiger partial charge in [-0.15, -0.1) is 0 Å². The Balaban J connectivity index is 1.89. The fourth-order valence-electron chi connectivity index (χ4n) is 1.81. The van der Waals surface area contributed by atoms with E-state index in [-0.39, 0.29) is 19.0 Å². The maximum Gasteiger partial charge on any atom is 0.311 e. The minimum Gasteiger partial charge on any atom is -0.491 e. The van der Waals surface area contributed by atoms with Crippen LogP contribution in [0.25, 0.3) is 0 Å². The largest absolute Gasteiger partial charge is 0.491 e. The van der Waals surface area contributed by atoms with Crippen molar-refractivity contribution < 1.29 is 23.9 Å². The maximum atomic E-state index is 13.2. The molecule has 8 heteroatoms. The van der Waals surface area contributed by atoms with Crippen LogP contribution in [0.3, 0.4) is 0 Å². The van der Waals surface area contributed by atoms with Gasteiger partial charge in [-0.1, -0.05) is 0 Å². The van der Waals surface area contributed by atoms with Gasteiger partial charge in [0.05, 0.1) is 16.6 Å². The van der Waals surface area contributed by atoms with Crippen molar-refractivity contribution in [3.05, 3.63) is 64.0 Å². The molecule has 1 atom stereocenters. The van der Waals surface area contributed by atoms with Crippen LogP contribution >= 0.6 is 0 Å². The van der Waals surface area contributed by atoms with Crippen molar-refractivity contribution in [3.8, 4) is 17.6 Å². The molecule has 0 spiro atoms. The summed E-state index contributed by atoms with van der Waals surface area (Å²) in [6.45, 7) is -0.435. The third-order valence-corrected chi connectivity index (χ3v) is 2.98. The van der Waals surface area contributed by atoms with Crippen molar-refractivity contribution >= 4 is 5.69 Å². The number of rotatable bonds is 7. The predicted octanol–water partition coefficient (Wildman–Crippen LogP) is 2.42. The number of aliphatic hydroxyl groups is 1. The number of hydrogen-bond acceptors (Lipinski definition) is 6. The Labute approximate surface area is 136 Å². The van der Waals surface area contributed by atoms with E-state index < -0.39 is 22.5 Å². The molecule has 0 saturated carbocycles. The van der Waals surface area contributed by atoms with Crippen molar-refractivity contribution in [2.24, 2.45) is 0 Å². The van der Waals surface area contributed by atoms with Crippen LogP contribution < -0.4 is 9.47 Å². The Kier molecular flexibility index (Phi) is 5.65. The Bertz CT molecular complexity index is 758. The molecule has 2 aromatic rings. The fourth-order valence-corrected chi connectivity index (χ4v) is 1.81. The van der Waals surface area contributed by atoms with Crippen LogP contribution in [0.1, 0.15) is 5.56 Å². The van der Waals surface area contributed by atoms with E-state index in [4.69, 9.17) is 14.7 Å². The quantitative estimate of drug-likeness (QED) is 0.616. The Morgan fingerprint density at radius 1 is 1.21 bits per heavy atom. The van der Waals surface area contributed by atoms with E-state index in [1.165, 1.54) is 0 Å². The zero-order valence-electron chi connectivity index (χ0n) is 12.4. The molecule has 0 aliphatic rings. The number of nitriles is 1. The Hall–Kier alpha value is -3.18. The van der Waals surface area contributed by atoms with Gasteiger partial charge in [0.15, 0.2) is 5.75 Å². The average molecular weight is 332 g/mol. The lowest BCUT2D eigenvalue weighted by Gasteiger charge is -2.13. The monoisotopic (exact) mass is 332 g/mol. The smallest absolute Gasteiger partial charge is 0.311 e. The SMILES string of the molecule is N#Cc1ccc(OCC(O)COc2cc(F)ccc2[N+](=O)[O-])cc1. The van der Waals surface area contributed by atoms with Gasteiger partial charge in [0.2, 0.25) is 0 Å². The lowest BCUT2D eigenvalue weighted by molar-refractivity contribution is -0.386. The van der Waals surface area contributed by atoms with Gasteiger partial charge in [0, 0.05) is 12.1 Å². The first-order valence-corrected chi connectivity index (χ1v) is 6.87. The summed E-state index contributed by atoms with van der Waals surface area (Å²) in [5.41, 5.74) is 0.0845. The van der Waals surface area contributed by atoms with Gasteiger partial charge in [0.1, 0.15) is 30.9 Å². The normalized spacial score (nSPS) is 11.4. The number of nitro benzene ring substituents is 1. The summed E-state index contributed by atoms with van der Waals surface area (Å²) < 4.78 is 23.6. The number of nitrogens with zero attached hydrogens (tertiary/aromatic N) is 2. The second kappa shape index (κ2) is 7.89. The predicted molar refractivity (Wildman–Crippen MR) is 81.2 cm³/mol. The van der Waals surface area contributed by atoms with E-state index in [9.17, 15) is 19.6 Å². The van der Waals surface area contributed by atoms with Crippen LogP contribution in [0.5, 0.6) is 11.5 Å². The standard InChI is InChI=1S/C16H13FN2O5/c17-12-3-6-15(19(21)22)16(7-12)24-10-13(20)9-23-14-4-1-11(8-18)2-5-14/h1-7,13,20H,9-10H2. The average Bonchev–Trinajstić information content (AvgIpc) is 2.58. The highest BCUT2D eigenvalue weighted by molar-refractivity contribution is 5.46. The number of ether oxygens (including phenoxy) is 2. The third-order valence-electron chi connectivity index (χ3n) is 2.98. The van der Waals surface area contributed by atoms with Crippen molar-refractivity contribution in [1.29, 1.82) is 5.26 Å². The van der Waals surface area contributed by atoms with Gasteiger partial charge in [-0.3, -0.25) is 10.1 Å². The van der Waals surface area contributed by atoms with E-state index in [1.54, 1.807) is 24.3 Å². The van der Waals surface area contributed by atoms with Crippen molar-refractivity contribution in [3.63, 3.8) is 0 Å². The van der Waals surface area contributed by atoms with E-state index in [1.807, 2.05) is 6.07 Å². The maximum absolute atomic E-state index is 13.2. The molecule has 0 amide bonds. The molecule has 0 aliphatic heterocycles. The summed E-state index contributed by atoms with van der Waals surface area (Å²) in [7, 11) is 0. The first-order chi connectivity index (χ1) is 11.5. The summed E-state index contributed by atoms with van der Waals surface area (Å²) >= 11 is 0. The van der Waals surface area contributed by atoms with Gasteiger partial charge >= 0.3 is 5.69 Å². The van der Waals surface area contributed by atoms with E-state index in [0.717, 1.165) is 18.2 Å². The molecular formula is C16H13FN2O5. The van der Waals surface area contributed by atoms with E-state index in [0.29, 0.717) is 11.3 Å². The molecule has 0 bridgehead atoms. The summed E-state index contributed by atoms with van der Waals surface area (Å²) in [6, 6.07) is 11.1. The summed E-state index contributed by atoms with van der Waals surface area (Å²) in [6.07, 6.45) is -1.08. The molecule has 124 valence electrons. The van der Waals surface area contributed by atoms with Gasteiger partial charge in [0.25, 0.3) is 0 Å². The third kappa shape index (κ3) is 4.66. The number of hydrogen-bond donors (Lipinski definition) is 1. The van der Waals surface area contributed by atoms with Crippen LogP contribution in [0.4, 0.5) is 10.1 Å². The highest BCUT2D eigenvalue weighted by Crippen LogP contribution is 2.27. The molecule has 0 fully saturated rings. The first-order valence-electron chi connectivity index (χ1n) is 6.87. The molecule has 0 radical (unpaired) electrons. The van der Waals surface area contributed by atoms with Crippen LogP contribution in [-0.4, -0.2) is 29.3 Å². The Morgan fingerprint density at radius 3 is 2.50 bits per heavy atom. The molecule has 7 nitrogen and oxygen atoms in total. The highest BCUT2D eigenvalue weighted by atomic mass is 19.1. The topological polar surface area (TPSA) is 106 Å². The highest BCUT2D eigenvalue weighted by Gasteiger charge is 2.17. The molecule has 0 aliphatic carbocycles. The lowest BCUT2D eigenvalue weighted by Crippen LogP contribution is -2.25. The summed E-state index contributed by atoms with van der Waals surface area (Å²) in [5.74, 6) is -0.499. The lowest BCUT2D eigenvalue weighted by atomic mass is 10.2. The van der Waals surface area contributed by atoms with Gasteiger partial charge in [-0.2, -0.15) is 5.26 Å². The first kappa shape index (κ1) is 17.2. The van der Waals surface area contributed by atoms with Gasteiger partial charge in [-0.05, 0) is 30.3 Å². The van der Waals surface area contributed by atoms with Gasteiger partial charge < -0.3 is 14.6 Å². The molecule has 2 aromatic carbocycles. The van der Waals surface area contributed by atoms with Crippen LogP contribution in [-0.2, 0) is 0 Å². The van der Waals surface area contributed by atoms with Crippen LogP contribution in [0, 0.1) is 27.3 Å². The van der Waals surface area contributed by atoms with Gasteiger partial charge in [-0.25, -0.2) is 4.39 Å². The number of aliphatic hydroxyl groups excluding tert-OH is 1.